The quantitative estimate of drug-likeness (QED) is 0.874. The summed E-state index contributed by atoms with van der Waals surface area (Å²) in [6.45, 7) is 1.99. The summed E-state index contributed by atoms with van der Waals surface area (Å²) in [6.07, 6.45) is 8.82. The molecule has 0 spiro atoms. The van der Waals surface area contributed by atoms with Gasteiger partial charge in [-0.15, -0.1) is 0 Å². The highest BCUT2D eigenvalue weighted by Crippen LogP contribution is 2.16. The molecule has 3 rings (SSSR count). The first-order chi connectivity index (χ1) is 11.2. The topological polar surface area (TPSA) is 58.1 Å². The van der Waals surface area contributed by atoms with Crippen LogP contribution in [0.4, 0.5) is 11.6 Å². The third-order valence-electron chi connectivity index (χ3n) is 3.59. The normalized spacial score (nSPS) is 14.4. The molecule has 1 aliphatic heterocycles. The second-order valence-electron chi connectivity index (χ2n) is 5.34. The van der Waals surface area contributed by atoms with E-state index in [0.29, 0.717) is 10.7 Å². The minimum Gasteiger partial charge on any atom is -0.341 e. The molecule has 6 heteroatoms. The molecule has 2 aromatic rings. The van der Waals surface area contributed by atoms with Gasteiger partial charge in [-0.2, -0.15) is 0 Å². The molecule has 5 nitrogen and oxygen atoms in total. The van der Waals surface area contributed by atoms with Crippen molar-refractivity contribution in [2.45, 2.75) is 12.8 Å². The van der Waals surface area contributed by atoms with Gasteiger partial charge in [0.15, 0.2) is 0 Å². The molecule has 1 amide bonds. The van der Waals surface area contributed by atoms with Crippen LogP contribution in [0.3, 0.4) is 0 Å². The average Bonchev–Trinajstić information content (AvgIpc) is 3.09. The Morgan fingerprint density at radius 2 is 1.78 bits per heavy atom. The average molecular weight is 329 g/mol. The Bertz CT molecular complexity index is 692. The summed E-state index contributed by atoms with van der Waals surface area (Å²) >= 11 is 5.82. The monoisotopic (exact) mass is 328 g/mol. The Kier molecular flexibility index (Phi) is 4.88. The minimum absolute atomic E-state index is 0.225. The third-order valence-corrected chi connectivity index (χ3v) is 3.84. The molecule has 118 valence electrons. The number of nitrogens with zero attached hydrogens (tertiary/aromatic N) is 3. The lowest BCUT2D eigenvalue weighted by molar-refractivity contribution is -0.111. The Morgan fingerprint density at radius 3 is 2.43 bits per heavy atom. The van der Waals surface area contributed by atoms with Crippen LogP contribution < -0.4 is 10.2 Å². The zero-order valence-corrected chi connectivity index (χ0v) is 13.3. The molecule has 0 unspecified atom stereocenters. The summed E-state index contributed by atoms with van der Waals surface area (Å²) in [6, 6.07) is 7.26. The zero-order chi connectivity index (χ0) is 16.1. The van der Waals surface area contributed by atoms with Crippen LogP contribution >= 0.6 is 11.6 Å². The molecular formula is C17H17ClN4O. The van der Waals surface area contributed by atoms with E-state index in [1.807, 2.05) is 12.1 Å². The maximum Gasteiger partial charge on any atom is 0.248 e. The first-order valence-electron chi connectivity index (χ1n) is 7.52. The van der Waals surface area contributed by atoms with Crippen molar-refractivity contribution in [3.8, 4) is 0 Å². The van der Waals surface area contributed by atoms with E-state index in [-0.39, 0.29) is 5.91 Å². The van der Waals surface area contributed by atoms with Gasteiger partial charge in [0.25, 0.3) is 0 Å². The van der Waals surface area contributed by atoms with E-state index < -0.39 is 0 Å². The predicted molar refractivity (Wildman–Crippen MR) is 92.6 cm³/mol. The molecule has 1 aromatic carbocycles. The lowest BCUT2D eigenvalue weighted by Crippen LogP contribution is -2.20. The van der Waals surface area contributed by atoms with Gasteiger partial charge in [0.05, 0.1) is 18.1 Å². The fraction of sp³-hybridized carbons (Fsp3) is 0.235. The maximum atomic E-state index is 11.9. The van der Waals surface area contributed by atoms with Gasteiger partial charge >= 0.3 is 0 Å². The summed E-state index contributed by atoms with van der Waals surface area (Å²) in [5, 5.41) is 3.41. The number of amides is 1. The number of rotatable bonds is 4. The van der Waals surface area contributed by atoms with Crippen LogP contribution in [0.5, 0.6) is 0 Å². The number of carbonyl (C=O) groups is 1. The van der Waals surface area contributed by atoms with Crippen LogP contribution in [0, 0.1) is 0 Å². The standard InChI is InChI=1S/C17H17ClN4O/c18-14-6-3-13(4-7-14)5-8-16(23)21-15-11-19-17(20-12-15)22-9-1-2-10-22/h3-8,11-12H,1-2,9-10H2,(H,21,23)/b8-5+. The van der Waals surface area contributed by atoms with Crippen LogP contribution in [-0.4, -0.2) is 29.0 Å². The molecule has 0 aliphatic carbocycles. The number of halogens is 1. The van der Waals surface area contributed by atoms with Crippen molar-refractivity contribution in [3.63, 3.8) is 0 Å². The number of aromatic nitrogens is 2. The van der Waals surface area contributed by atoms with Crippen molar-refractivity contribution in [3.05, 3.63) is 53.3 Å². The van der Waals surface area contributed by atoms with Crippen LogP contribution in [0.25, 0.3) is 6.08 Å². The van der Waals surface area contributed by atoms with Crippen molar-refractivity contribution in [2.24, 2.45) is 0 Å². The number of anilines is 2. The zero-order valence-electron chi connectivity index (χ0n) is 12.6. The Morgan fingerprint density at radius 1 is 1.13 bits per heavy atom. The highest BCUT2D eigenvalue weighted by Gasteiger charge is 2.14. The molecule has 2 heterocycles. The highest BCUT2D eigenvalue weighted by atomic mass is 35.5. The van der Waals surface area contributed by atoms with Gasteiger partial charge in [0.2, 0.25) is 11.9 Å². The van der Waals surface area contributed by atoms with Gasteiger partial charge in [-0.05, 0) is 36.6 Å². The molecule has 0 atom stereocenters. The Labute approximate surface area is 140 Å². The molecule has 1 N–H and O–H groups in total. The largest absolute Gasteiger partial charge is 0.341 e. The summed E-state index contributed by atoms with van der Waals surface area (Å²) in [5.74, 6) is 0.495. The molecule has 1 aliphatic rings. The lowest BCUT2D eigenvalue weighted by Gasteiger charge is -2.14. The number of hydrogen-bond acceptors (Lipinski definition) is 4. The third kappa shape index (κ3) is 4.29. The van der Waals surface area contributed by atoms with Crippen LogP contribution in [0.2, 0.25) is 5.02 Å². The van der Waals surface area contributed by atoms with E-state index in [2.05, 4.69) is 20.2 Å². The van der Waals surface area contributed by atoms with E-state index in [4.69, 9.17) is 11.6 Å². The number of hydrogen-bond donors (Lipinski definition) is 1. The molecule has 1 aromatic heterocycles. The van der Waals surface area contributed by atoms with Crippen molar-refractivity contribution in [1.29, 1.82) is 0 Å². The minimum atomic E-state index is -0.225. The molecule has 0 radical (unpaired) electrons. The second kappa shape index (κ2) is 7.24. The SMILES string of the molecule is O=C(/C=C/c1ccc(Cl)cc1)Nc1cnc(N2CCCC2)nc1. The van der Waals surface area contributed by atoms with Gasteiger partial charge in [-0.3, -0.25) is 4.79 Å². The van der Waals surface area contributed by atoms with Crippen molar-refractivity contribution in [2.75, 3.05) is 23.3 Å². The number of carbonyl (C=O) groups excluding carboxylic acids is 1. The van der Waals surface area contributed by atoms with Gasteiger partial charge in [0, 0.05) is 24.2 Å². The van der Waals surface area contributed by atoms with Crippen LogP contribution in [-0.2, 0) is 4.79 Å². The van der Waals surface area contributed by atoms with Crippen LogP contribution in [0.1, 0.15) is 18.4 Å². The van der Waals surface area contributed by atoms with Crippen molar-refractivity contribution in [1.82, 2.24) is 9.97 Å². The summed E-state index contributed by atoms with van der Waals surface area (Å²) in [4.78, 5) is 22.7. The molecular weight excluding hydrogens is 312 g/mol. The number of benzene rings is 1. The fourth-order valence-electron chi connectivity index (χ4n) is 2.40. The van der Waals surface area contributed by atoms with Crippen molar-refractivity contribution >= 4 is 35.2 Å². The van der Waals surface area contributed by atoms with E-state index >= 15 is 0 Å². The highest BCUT2D eigenvalue weighted by molar-refractivity contribution is 6.30. The van der Waals surface area contributed by atoms with E-state index in [1.54, 1.807) is 30.6 Å². The predicted octanol–water partition coefficient (Wildman–Crippen LogP) is 3.38. The summed E-state index contributed by atoms with van der Waals surface area (Å²) < 4.78 is 0. The second-order valence-corrected chi connectivity index (χ2v) is 5.78. The Hall–Kier alpha value is -2.40. The molecule has 0 bridgehead atoms. The van der Waals surface area contributed by atoms with Gasteiger partial charge < -0.3 is 10.2 Å². The van der Waals surface area contributed by atoms with Crippen molar-refractivity contribution < 1.29 is 4.79 Å². The number of nitrogens with one attached hydrogen (secondary N) is 1. The molecule has 0 saturated carbocycles. The van der Waals surface area contributed by atoms with E-state index in [1.165, 1.54) is 18.9 Å². The van der Waals surface area contributed by atoms with Gasteiger partial charge in [-0.1, -0.05) is 23.7 Å². The summed E-state index contributed by atoms with van der Waals surface area (Å²) in [5.41, 5.74) is 1.49. The summed E-state index contributed by atoms with van der Waals surface area (Å²) in [7, 11) is 0. The molecule has 1 saturated heterocycles. The van der Waals surface area contributed by atoms with E-state index in [0.717, 1.165) is 24.6 Å². The molecule has 23 heavy (non-hydrogen) atoms. The first kappa shape index (κ1) is 15.5. The maximum absolute atomic E-state index is 11.9. The van der Waals surface area contributed by atoms with Crippen LogP contribution in [0.15, 0.2) is 42.7 Å². The van der Waals surface area contributed by atoms with Gasteiger partial charge in [-0.25, -0.2) is 9.97 Å². The van der Waals surface area contributed by atoms with Gasteiger partial charge in [0.1, 0.15) is 0 Å². The smallest absolute Gasteiger partial charge is 0.248 e. The first-order valence-corrected chi connectivity index (χ1v) is 7.90. The fourth-order valence-corrected chi connectivity index (χ4v) is 2.52. The van der Waals surface area contributed by atoms with E-state index in [9.17, 15) is 4.79 Å². The lowest BCUT2D eigenvalue weighted by atomic mass is 10.2. The molecule has 1 fully saturated rings. The Balaban J connectivity index is 1.57.